The Morgan fingerprint density at radius 2 is 1.95 bits per heavy atom. The van der Waals surface area contributed by atoms with Crippen LogP contribution in [0.15, 0.2) is 55.4 Å². The number of nitrogens with zero attached hydrogens (tertiary/aromatic N) is 5. The van der Waals surface area contributed by atoms with Crippen LogP contribution in [0.5, 0.6) is 5.75 Å². The maximum Gasteiger partial charge on any atom is 0.247 e. The molecule has 2 aliphatic heterocycles. The molecule has 3 heterocycles. The Bertz CT molecular complexity index is 1450. The van der Waals surface area contributed by atoms with Crippen LogP contribution < -0.4 is 25.3 Å². The Morgan fingerprint density at radius 3 is 2.64 bits per heavy atom. The fourth-order valence-corrected chi connectivity index (χ4v) is 5.51. The Kier molecular flexibility index (Phi) is 9.10. The highest BCUT2D eigenvalue weighted by Crippen LogP contribution is 2.40. The number of piperidine rings is 1. The number of anilines is 5. The van der Waals surface area contributed by atoms with Gasteiger partial charge < -0.3 is 25.2 Å². The number of amides is 1. The van der Waals surface area contributed by atoms with E-state index in [0.29, 0.717) is 47.8 Å². The Hall–Kier alpha value is -3.93. The van der Waals surface area contributed by atoms with Crippen molar-refractivity contribution in [2.24, 2.45) is 0 Å². The van der Waals surface area contributed by atoms with Crippen molar-refractivity contribution in [2.75, 3.05) is 61.5 Å². The SMILES string of the molecule is C=CC(=O)Nc1cc(Nc2cc(N3OCC[C@@H]3c3ccc(Cl)c(F)c3)ncn2)c(OC)cc1N1CCC(N(C)C)CC1. The normalized spacial score (nSPS) is 17.4. The second kappa shape index (κ2) is 12.9. The first-order chi connectivity index (χ1) is 20.3. The molecule has 0 spiro atoms. The number of methoxy groups -OCH3 is 1. The molecule has 2 N–H and O–H groups in total. The number of carbonyl (C=O) groups excluding carboxylic acids is 1. The van der Waals surface area contributed by atoms with Crippen LogP contribution in [-0.2, 0) is 9.63 Å². The van der Waals surface area contributed by atoms with Gasteiger partial charge in [0.05, 0.1) is 41.8 Å². The van der Waals surface area contributed by atoms with E-state index in [9.17, 15) is 9.18 Å². The van der Waals surface area contributed by atoms with Gasteiger partial charge in [-0.3, -0.25) is 9.63 Å². The molecule has 12 heteroatoms. The predicted molar refractivity (Wildman–Crippen MR) is 163 cm³/mol. The molecule has 5 rings (SSSR count). The van der Waals surface area contributed by atoms with E-state index in [4.69, 9.17) is 21.2 Å². The van der Waals surface area contributed by atoms with E-state index in [2.05, 4.69) is 51.1 Å². The van der Waals surface area contributed by atoms with Crippen molar-refractivity contribution in [3.8, 4) is 5.75 Å². The van der Waals surface area contributed by atoms with Gasteiger partial charge in [-0.1, -0.05) is 24.2 Å². The van der Waals surface area contributed by atoms with E-state index in [1.54, 1.807) is 30.4 Å². The molecule has 42 heavy (non-hydrogen) atoms. The standard InChI is InChI=1S/C30H35ClFN7O3/c1-5-30(40)36-23-15-24(27(41-4)16-26(23)38-11-8-20(9-12-38)37(2)3)35-28-17-29(34-18-33-28)39-25(10-13-42-39)19-6-7-21(31)22(32)14-19/h5-7,14-18,20,25H,1,8-13H2,2-4H3,(H,36,40)(H,33,34,35)/t25-/m1/s1. The Morgan fingerprint density at radius 1 is 1.17 bits per heavy atom. The average Bonchev–Trinajstić information content (AvgIpc) is 3.49. The number of hydrogen-bond donors (Lipinski definition) is 2. The summed E-state index contributed by atoms with van der Waals surface area (Å²) in [7, 11) is 5.81. The van der Waals surface area contributed by atoms with Gasteiger partial charge in [0.2, 0.25) is 5.91 Å². The minimum atomic E-state index is -0.483. The molecule has 2 fully saturated rings. The topological polar surface area (TPSA) is 95.1 Å². The number of halogens is 2. The zero-order valence-corrected chi connectivity index (χ0v) is 24.7. The summed E-state index contributed by atoms with van der Waals surface area (Å²) in [5, 5.41) is 7.98. The van der Waals surface area contributed by atoms with Crippen LogP contribution in [0.1, 0.15) is 30.9 Å². The lowest BCUT2D eigenvalue weighted by Gasteiger charge is -2.37. The monoisotopic (exact) mass is 595 g/mol. The highest BCUT2D eigenvalue weighted by molar-refractivity contribution is 6.30. The summed E-state index contributed by atoms with van der Waals surface area (Å²) in [6.45, 7) is 5.75. The first-order valence-electron chi connectivity index (χ1n) is 13.8. The first kappa shape index (κ1) is 29.6. The lowest BCUT2D eigenvalue weighted by Crippen LogP contribution is -2.42. The molecule has 2 aromatic carbocycles. The lowest BCUT2D eigenvalue weighted by atomic mass is 10.0. The molecule has 1 atom stereocenters. The van der Waals surface area contributed by atoms with E-state index in [1.165, 1.54) is 18.5 Å². The number of nitrogens with one attached hydrogen (secondary N) is 2. The maximum absolute atomic E-state index is 14.2. The molecule has 2 aliphatic rings. The maximum atomic E-state index is 14.2. The molecule has 0 saturated carbocycles. The largest absolute Gasteiger partial charge is 0.494 e. The third kappa shape index (κ3) is 6.43. The van der Waals surface area contributed by atoms with Gasteiger partial charge in [0.15, 0.2) is 5.82 Å². The second-order valence-electron chi connectivity index (χ2n) is 10.5. The van der Waals surface area contributed by atoms with Gasteiger partial charge in [-0.15, -0.1) is 0 Å². The number of carbonyl (C=O) groups is 1. The summed E-state index contributed by atoms with van der Waals surface area (Å²) < 4.78 is 20.0. The zero-order valence-electron chi connectivity index (χ0n) is 23.9. The van der Waals surface area contributed by atoms with Crippen molar-refractivity contribution in [2.45, 2.75) is 31.3 Å². The second-order valence-corrected chi connectivity index (χ2v) is 10.9. The quantitative estimate of drug-likeness (QED) is 0.308. The van der Waals surface area contributed by atoms with Gasteiger partial charge >= 0.3 is 0 Å². The minimum Gasteiger partial charge on any atom is -0.494 e. The van der Waals surface area contributed by atoms with E-state index < -0.39 is 5.82 Å². The van der Waals surface area contributed by atoms with Crippen LogP contribution in [-0.4, -0.2) is 67.7 Å². The molecule has 222 valence electrons. The number of ether oxygens (including phenoxy) is 1. The van der Waals surface area contributed by atoms with Gasteiger partial charge in [0.1, 0.15) is 23.7 Å². The molecule has 10 nitrogen and oxygen atoms in total. The molecular formula is C30H35ClFN7O3. The molecular weight excluding hydrogens is 561 g/mol. The predicted octanol–water partition coefficient (Wildman–Crippen LogP) is 5.56. The third-order valence-electron chi connectivity index (χ3n) is 7.67. The van der Waals surface area contributed by atoms with Crippen molar-refractivity contribution in [3.63, 3.8) is 0 Å². The number of rotatable bonds is 9. The number of benzene rings is 2. The molecule has 0 radical (unpaired) electrons. The fourth-order valence-electron chi connectivity index (χ4n) is 5.40. The van der Waals surface area contributed by atoms with Gasteiger partial charge in [-0.2, -0.15) is 0 Å². The number of hydrogen-bond acceptors (Lipinski definition) is 9. The first-order valence-corrected chi connectivity index (χ1v) is 14.2. The fraction of sp³-hybridized carbons (Fsp3) is 0.367. The Balaban J connectivity index is 1.42. The molecule has 3 aromatic rings. The van der Waals surface area contributed by atoms with Crippen LogP contribution >= 0.6 is 11.6 Å². The molecule has 0 bridgehead atoms. The third-order valence-corrected chi connectivity index (χ3v) is 7.98. The van der Waals surface area contributed by atoms with E-state index in [-0.39, 0.29) is 17.0 Å². The summed E-state index contributed by atoms with van der Waals surface area (Å²) in [5.41, 5.74) is 2.84. The number of aromatic nitrogens is 2. The highest BCUT2D eigenvalue weighted by Gasteiger charge is 2.30. The molecule has 1 aromatic heterocycles. The average molecular weight is 596 g/mol. The lowest BCUT2D eigenvalue weighted by molar-refractivity contribution is -0.111. The van der Waals surface area contributed by atoms with Crippen molar-refractivity contribution in [1.82, 2.24) is 14.9 Å². The van der Waals surface area contributed by atoms with Crippen molar-refractivity contribution in [1.29, 1.82) is 0 Å². The number of hydroxylamine groups is 1. The minimum absolute atomic E-state index is 0.0689. The summed E-state index contributed by atoms with van der Waals surface area (Å²) in [6, 6.07) is 10.5. The van der Waals surface area contributed by atoms with Crippen LogP contribution in [0.25, 0.3) is 0 Å². The van der Waals surface area contributed by atoms with Crippen molar-refractivity contribution >= 4 is 46.2 Å². The van der Waals surface area contributed by atoms with Crippen LogP contribution in [0, 0.1) is 5.82 Å². The molecule has 0 aliphatic carbocycles. The van der Waals surface area contributed by atoms with Crippen LogP contribution in [0.2, 0.25) is 5.02 Å². The van der Waals surface area contributed by atoms with Gasteiger partial charge in [-0.25, -0.2) is 19.4 Å². The zero-order chi connectivity index (χ0) is 29.8. The molecule has 0 unspecified atom stereocenters. The van der Waals surface area contributed by atoms with Crippen LogP contribution in [0.3, 0.4) is 0 Å². The highest BCUT2D eigenvalue weighted by atomic mass is 35.5. The smallest absolute Gasteiger partial charge is 0.247 e. The van der Waals surface area contributed by atoms with E-state index in [0.717, 1.165) is 37.2 Å². The van der Waals surface area contributed by atoms with Gasteiger partial charge in [-0.05, 0) is 56.8 Å². The summed E-state index contributed by atoms with van der Waals surface area (Å²) in [5.74, 6) is 0.780. The van der Waals surface area contributed by atoms with Crippen LogP contribution in [0.4, 0.5) is 33.1 Å². The van der Waals surface area contributed by atoms with Crippen molar-refractivity contribution < 1.29 is 18.8 Å². The van der Waals surface area contributed by atoms with E-state index in [1.807, 2.05) is 12.1 Å². The Labute approximate surface area is 250 Å². The molecule has 2 saturated heterocycles. The summed E-state index contributed by atoms with van der Waals surface area (Å²) in [6.07, 6.45) is 5.34. The summed E-state index contributed by atoms with van der Waals surface area (Å²) in [4.78, 5) is 31.6. The van der Waals surface area contributed by atoms with Gasteiger partial charge in [0.25, 0.3) is 0 Å². The summed E-state index contributed by atoms with van der Waals surface area (Å²) >= 11 is 5.89. The van der Waals surface area contributed by atoms with Crippen molar-refractivity contribution in [3.05, 3.63) is 71.8 Å². The van der Waals surface area contributed by atoms with E-state index >= 15 is 0 Å². The molecule has 1 amide bonds. The van der Waals surface area contributed by atoms with Gasteiger partial charge in [0, 0.05) is 37.7 Å².